The molecule has 4 rings (SSSR count). The van der Waals surface area contributed by atoms with Gasteiger partial charge in [-0.05, 0) is 34.5 Å². The first-order valence-corrected chi connectivity index (χ1v) is 7.91. The highest BCUT2D eigenvalue weighted by atomic mass is 19.1. The van der Waals surface area contributed by atoms with Crippen molar-refractivity contribution in [1.82, 2.24) is 5.32 Å². The molecule has 0 aliphatic carbocycles. The van der Waals surface area contributed by atoms with Crippen molar-refractivity contribution in [3.8, 4) is 5.75 Å². The van der Waals surface area contributed by atoms with Crippen LogP contribution in [0, 0.1) is 11.7 Å². The molecule has 0 aromatic heterocycles. The lowest BCUT2D eigenvalue weighted by Gasteiger charge is -2.35. The van der Waals surface area contributed by atoms with Crippen LogP contribution < -0.4 is 10.1 Å². The molecule has 1 fully saturated rings. The fourth-order valence-corrected chi connectivity index (χ4v) is 3.03. The maximum Gasteiger partial charge on any atom is 0.129 e. The zero-order chi connectivity index (χ0) is 15.6. The predicted molar refractivity (Wildman–Crippen MR) is 90.1 cm³/mol. The quantitative estimate of drug-likeness (QED) is 0.775. The summed E-state index contributed by atoms with van der Waals surface area (Å²) in [6, 6.07) is 21.1. The van der Waals surface area contributed by atoms with Crippen LogP contribution in [0.5, 0.6) is 5.75 Å². The van der Waals surface area contributed by atoms with Gasteiger partial charge in [0, 0.05) is 25.1 Å². The molecule has 1 N–H and O–H groups in total. The van der Waals surface area contributed by atoms with Crippen molar-refractivity contribution < 1.29 is 9.13 Å². The molecule has 3 aromatic carbocycles. The van der Waals surface area contributed by atoms with Crippen LogP contribution in [0.2, 0.25) is 0 Å². The molecule has 3 aromatic rings. The van der Waals surface area contributed by atoms with Gasteiger partial charge in [0.25, 0.3) is 0 Å². The summed E-state index contributed by atoms with van der Waals surface area (Å²) in [5.41, 5.74) is 1.14. The minimum atomic E-state index is -0.272. The van der Waals surface area contributed by atoms with E-state index in [9.17, 15) is 4.39 Å². The molecule has 2 nitrogen and oxygen atoms in total. The van der Waals surface area contributed by atoms with Crippen molar-refractivity contribution in [2.75, 3.05) is 13.1 Å². The van der Waals surface area contributed by atoms with E-state index in [0.29, 0.717) is 11.7 Å². The van der Waals surface area contributed by atoms with Gasteiger partial charge in [-0.15, -0.1) is 0 Å². The molecule has 116 valence electrons. The molecule has 23 heavy (non-hydrogen) atoms. The number of rotatable bonds is 4. The second-order valence-electron chi connectivity index (χ2n) is 6.02. The SMILES string of the molecule is Fc1cccc(OC(c2ccc3ccccc3c2)C2CNC2)c1. The van der Waals surface area contributed by atoms with E-state index in [4.69, 9.17) is 4.74 Å². The minimum Gasteiger partial charge on any atom is -0.485 e. The van der Waals surface area contributed by atoms with Crippen LogP contribution in [0.15, 0.2) is 66.7 Å². The van der Waals surface area contributed by atoms with E-state index in [-0.39, 0.29) is 11.9 Å². The molecule has 1 saturated heterocycles. The van der Waals surface area contributed by atoms with Gasteiger partial charge < -0.3 is 10.1 Å². The summed E-state index contributed by atoms with van der Waals surface area (Å²) >= 11 is 0. The van der Waals surface area contributed by atoms with E-state index >= 15 is 0 Å². The number of ether oxygens (including phenoxy) is 1. The second-order valence-corrected chi connectivity index (χ2v) is 6.02. The fraction of sp³-hybridized carbons (Fsp3) is 0.200. The van der Waals surface area contributed by atoms with E-state index in [1.54, 1.807) is 6.07 Å². The van der Waals surface area contributed by atoms with Gasteiger partial charge in [-0.3, -0.25) is 0 Å². The van der Waals surface area contributed by atoms with E-state index in [2.05, 4.69) is 35.6 Å². The van der Waals surface area contributed by atoms with Gasteiger partial charge in [-0.1, -0.05) is 42.5 Å². The van der Waals surface area contributed by atoms with Crippen molar-refractivity contribution in [2.45, 2.75) is 6.10 Å². The Labute approximate surface area is 134 Å². The third-order valence-electron chi connectivity index (χ3n) is 4.40. The third-order valence-corrected chi connectivity index (χ3v) is 4.40. The standard InChI is InChI=1S/C20H18FNO/c21-18-6-3-7-19(11-18)23-20(17-12-22-13-17)16-9-8-14-4-1-2-5-15(14)10-16/h1-11,17,20,22H,12-13H2. The Balaban J connectivity index is 1.69. The molecule has 0 amide bonds. The number of halogens is 1. The molecule has 1 heterocycles. The zero-order valence-electron chi connectivity index (χ0n) is 12.7. The molecular formula is C20H18FNO. The summed E-state index contributed by atoms with van der Waals surface area (Å²) in [6.07, 6.45) is -0.0670. The van der Waals surface area contributed by atoms with Crippen LogP contribution in [-0.4, -0.2) is 13.1 Å². The van der Waals surface area contributed by atoms with Crippen LogP contribution in [0.25, 0.3) is 10.8 Å². The lowest BCUT2D eigenvalue weighted by molar-refractivity contribution is 0.0991. The van der Waals surface area contributed by atoms with E-state index in [1.807, 2.05) is 18.2 Å². The van der Waals surface area contributed by atoms with E-state index < -0.39 is 0 Å². The Morgan fingerprint density at radius 2 is 1.74 bits per heavy atom. The maximum atomic E-state index is 13.4. The van der Waals surface area contributed by atoms with Crippen LogP contribution in [-0.2, 0) is 0 Å². The van der Waals surface area contributed by atoms with E-state index in [1.165, 1.54) is 22.9 Å². The molecule has 1 aliphatic rings. The monoisotopic (exact) mass is 307 g/mol. The summed E-state index contributed by atoms with van der Waals surface area (Å²) in [4.78, 5) is 0. The number of benzene rings is 3. The maximum absolute atomic E-state index is 13.4. The average Bonchev–Trinajstić information content (AvgIpc) is 2.52. The summed E-state index contributed by atoms with van der Waals surface area (Å²) < 4.78 is 19.6. The minimum absolute atomic E-state index is 0.0670. The number of hydrogen-bond donors (Lipinski definition) is 1. The predicted octanol–water partition coefficient (Wildman–Crippen LogP) is 4.32. The third kappa shape index (κ3) is 2.92. The van der Waals surface area contributed by atoms with Crippen LogP contribution in [0.3, 0.4) is 0 Å². The Morgan fingerprint density at radius 3 is 2.48 bits per heavy atom. The molecule has 1 atom stereocenters. The van der Waals surface area contributed by atoms with Gasteiger partial charge in [0.1, 0.15) is 17.7 Å². The van der Waals surface area contributed by atoms with Gasteiger partial charge in [0.05, 0.1) is 0 Å². The lowest BCUT2D eigenvalue weighted by Crippen LogP contribution is -2.46. The van der Waals surface area contributed by atoms with Crippen molar-refractivity contribution in [3.05, 3.63) is 78.1 Å². The zero-order valence-corrected chi connectivity index (χ0v) is 12.7. The number of fused-ring (bicyclic) bond motifs is 1. The van der Waals surface area contributed by atoms with Crippen molar-refractivity contribution in [3.63, 3.8) is 0 Å². The lowest BCUT2D eigenvalue weighted by atomic mass is 9.89. The van der Waals surface area contributed by atoms with Crippen molar-refractivity contribution >= 4 is 10.8 Å². The molecule has 0 radical (unpaired) electrons. The molecule has 1 unspecified atom stereocenters. The molecule has 0 spiro atoms. The molecule has 0 saturated carbocycles. The molecule has 1 aliphatic heterocycles. The Morgan fingerprint density at radius 1 is 0.913 bits per heavy atom. The summed E-state index contributed by atoms with van der Waals surface area (Å²) in [6.45, 7) is 1.85. The fourth-order valence-electron chi connectivity index (χ4n) is 3.03. The van der Waals surface area contributed by atoms with Crippen LogP contribution >= 0.6 is 0 Å². The van der Waals surface area contributed by atoms with Crippen LogP contribution in [0.4, 0.5) is 4.39 Å². The highest BCUT2D eigenvalue weighted by Gasteiger charge is 2.30. The Kier molecular flexibility index (Phi) is 3.72. The first kappa shape index (κ1) is 14.2. The smallest absolute Gasteiger partial charge is 0.129 e. The second kappa shape index (κ2) is 6.01. The van der Waals surface area contributed by atoms with E-state index in [0.717, 1.165) is 18.7 Å². The van der Waals surface area contributed by atoms with Gasteiger partial charge in [0.15, 0.2) is 0 Å². The molecule has 3 heteroatoms. The highest BCUT2D eigenvalue weighted by molar-refractivity contribution is 5.83. The first-order valence-electron chi connectivity index (χ1n) is 7.91. The summed E-state index contributed by atoms with van der Waals surface area (Å²) in [7, 11) is 0. The molecular weight excluding hydrogens is 289 g/mol. The topological polar surface area (TPSA) is 21.3 Å². The van der Waals surface area contributed by atoms with Gasteiger partial charge in [0.2, 0.25) is 0 Å². The summed E-state index contributed by atoms with van der Waals surface area (Å²) in [5, 5.41) is 5.71. The van der Waals surface area contributed by atoms with Gasteiger partial charge >= 0.3 is 0 Å². The van der Waals surface area contributed by atoms with Gasteiger partial charge in [-0.25, -0.2) is 4.39 Å². The normalized spacial score (nSPS) is 16.0. The average molecular weight is 307 g/mol. The van der Waals surface area contributed by atoms with Crippen molar-refractivity contribution in [2.24, 2.45) is 5.92 Å². The largest absolute Gasteiger partial charge is 0.485 e. The summed E-state index contributed by atoms with van der Waals surface area (Å²) in [5.74, 6) is 0.709. The first-order chi connectivity index (χ1) is 11.3. The Hall–Kier alpha value is -2.39. The number of nitrogens with one attached hydrogen (secondary N) is 1. The molecule has 0 bridgehead atoms. The van der Waals surface area contributed by atoms with Crippen molar-refractivity contribution in [1.29, 1.82) is 0 Å². The van der Waals surface area contributed by atoms with Gasteiger partial charge in [-0.2, -0.15) is 0 Å². The highest BCUT2D eigenvalue weighted by Crippen LogP contribution is 2.32. The van der Waals surface area contributed by atoms with Crippen LogP contribution in [0.1, 0.15) is 11.7 Å². The Bertz CT molecular complexity index is 828. The number of hydrogen-bond acceptors (Lipinski definition) is 2.